The van der Waals surface area contributed by atoms with Crippen molar-refractivity contribution in [3.8, 4) is 0 Å². The zero-order valence-corrected chi connectivity index (χ0v) is 14.7. The lowest BCUT2D eigenvalue weighted by molar-refractivity contribution is 0.0749. The maximum absolute atomic E-state index is 12.3. The highest BCUT2D eigenvalue weighted by Gasteiger charge is 2.37. The summed E-state index contributed by atoms with van der Waals surface area (Å²) < 4.78 is 6.15. The Labute approximate surface area is 128 Å². The van der Waals surface area contributed by atoms with Gasteiger partial charge in [0.2, 0.25) is 0 Å². The molecule has 1 aliphatic heterocycles. The lowest BCUT2D eigenvalue weighted by Crippen LogP contribution is -2.42. The maximum atomic E-state index is 12.3. The van der Waals surface area contributed by atoms with E-state index in [-0.39, 0.29) is 10.9 Å². The summed E-state index contributed by atoms with van der Waals surface area (Å²) in [6, 6.07) is 5.56. The lowest BCUT2D eigenvalue weighted by Gasteiger charge is -2.36. The van der Waals surface area contributed by atoms with Crippen molar-refractivity contribution in [2.45, 2.75) is 45.4 Å². The van der Waals surface area contributed by atoms with Crippen molar-refractivity contribution in [2.75, 3.05) is 18.9 Å². The summed E-state index contributed by atoms with van der Waals surface area (Å²) in [5.74, 6) is 0.0659. The fourth-order valence-corrected chi connectivity index (χ4v) is 3.22. The normalized spacial score (nSPS) is 15.5. The predicted molar refractivity (Wildman–Crippen MR) is 88.7 cm³/mol. The molecule has 0 atom stereocenters. The standard InChI is InChI=1S/C16H26N2O2Si/c1-16(2,3)21(4,5)20-9-8-18-11-12-6-7-13(17)10-14(12)15(18)19/h6-7,10H,8-9,11,17H2,1-5H3. The Morgan fingerprint density at radius 2 is 2.00 bits per heavy atom. The van der Waals surface area contributed by atoms with Gasteiger partial charge in [0, 0.05) is 24.3 Å². The fourth-order valence-electron chi connectivity index (χ4n) is 2.19. The molecule has 0 saturated carbocycles. The van der Waals surface area contributed by atoms with Crippen LogP contribution in [0.15, 0.2) is 18.2 Å². The van der Waals surface area contributed by atoms with Gasteiger partial charge in [0.05, 0.1) is 6.61 Å². The van der Waals surface area contributed by atoms with Crippen LogP contribution in [0.4, 0.5) is 5.69 Å². The number of rotatable bonds is 4. The number of nitrogen functional groups attached to an aromatic ring is 1. The average Bonchev–Trinajstić information content (AvgIpc) is 2.65. The van der Waals surface area contributed by atoms with Crippen LogP contribution in [-0.4, -0.2) is 32.3 Å². The second-order valence-electron chi connectivity index (χ2n) is 7.25. The molecule has 116 valence electrons. The first-order valence-electron chi connectivity index (χ1n) is 7.43. The molecule has 0 aliphatic carbocycles. The molecule has 1 heterocycles. The average molecular weight is 306 g/mol. The van der Waals surface area contributed by atoms with E-state index in [1.165, 1.54) is 0 Å². The quantitative estimate of drug-likeness (QED) is 0.686. The Morgan fingerprint density at radius 3 is 2.62 bits per heavy atom. The van der Waals surface area contributed by atoms with E-state index in [2.05, 4.69) is 33.9 Å². The van der Waals surface area contributed by atoms with E-state index < -0.39 is 8.32 Å². The molecule has 5 heteroatoms. The molecule has 2 N–H and O–H groups in total. The molecule has 1 aromatic carbocycles. The molecule has 1 aromatic rings. The number of hydrogen-bond acceptors (Lipinski definition) is 3. The van der Waals surface area contributed by atoms with E-state index >= 15 is 0 Å². The Kier molecular flexibility index (Phi) is 4.17. The molecule has 0 spiro atoms. The molecule has 4 nitrogen and oxygen atoms in total. The number of nitrogens with zero attached hydrogens (tertiary/aromatic N) is 1. The van der Waals surface area contributed by atoms with Gasteiger partial charge in [0.1, 0.15) is 0 Å². The third-order valence-electron chi connectivity index (χ3n) is 4.64. The van der Waals surface area contributed by atoms with Crippen molar-refractivity contribution in [2.24, 2.45) is 0 Å². The van der Waals surface area contributed by atoms with Crippen LogP contribution < -0.4 is 5.73 Å². The number of amides is 1. The molecule has 1 amide bonds. The van der Waals surface area contributed by atoms with Crippen molar-refractivity contribution in [1.29, 1.82) is 0 Å². The van der Waals surface area contributed by atoms with E-state index in [1.54, 1.807) is 6.07 Å². The monoisotopic (exact) mass is 306 g/mol. The molecule has 0 radical (unpaired) electrons. The van der Waals surface area contributed by atoms with E-state index in [9.17, 15) is 4.79 Å². The largest absolute Gasteiger partial charge is 0.415 e. The van der Waals surface area contributed by atoms with Crippen molar-refractivity contribution in [3.05, 3.63) is 29.3 Å². The second kappa shape index (κ2) is 5.46. The van der Waals surface area contributed by atoms with E-state index in [0.717, 1.165) is 11.1 Å². The van der Waals surface area contributed by atoms with E-state index in [4.69, 9.17) is 10.2 Å². The van der Waals surface area contributed by atoms with Crippen molar-refractivity contribution >= 4 is 19.9 Å². The van der Waals surface area contributed by atoms with Crippen LogP contribution in [0.2, 0.25) is 18.1 Å². The second-order valence-corrected chi connectivity index (χ2v) is 12.1. The summed E-state index contributed by atoms with van der Waals surface area (Å²) >= 11 is 0. The predicted octanol–water partition coefficient (Wildman–Crippen LogP) is 3.25. The first-order chi connectivity index (χ1) is 9.62. The van der Waals surface area contributed by atoms with Gasteiger partial charge in [0.15, 0.2) is 8.32 Å². The number of carbonyl (C=O) groups excluding carboxylic acids is 1. The minimum absolute atomic E-state index is 0.0659. The first-order valence-corrected chi connectivity index (χ1v) is 10.3. The third-order valence-corrected chi connectivity index (χ3v) is 9.18. The molecular formula is C16H26N2O2Si. The van der Waals surface area contributed by atoms with Gasteiger partial charge in [-0.25, -0.2) is 0 Å². The molecule has 1 aliphatic rings. The highest BCUT2D eigenvalue weighted by atomic mass is 28.4. The topological polar surface area (TPSA) is 55.6 Å². The summed E-state index contributed by atoms with van der Waals surface area (Å²) in [7, 11) is -1.75. The number of carbonyl (C=O) groups is 1. The van der Waals surface area contributed by atoms with Gasteiger partial charge in [0.25, 0.3) is 5.91 Å². The van der Waals surface area contributed by atoms with Gasteiger partial charge in [-0.15, -0.1) is 0 Å². The summed E-state index contributed by atoms with van der Waals surface area (Å²) in [5.41, 5.74) is 8.19. The SMILES string of the molecule is CC(C)(C)[Si](C)(C)OCCN1Cc2ccc(N)cc2C1=O. The molecular weight excluding hydrogens is 280 g/mol. The van der Waals surface area contributed by atoms with Gasteiger partial charge in [-0.2, -0.15) is 0 Å². The van der Waals surface area contributed by atoms with E-state index in [1.807, 2.05) is 17.0 Å². The minimum atomic E-state index is -1.75. The Hall–Kier alpha value is -1.33. The zero-order valence-electron chi connectivity index (χ0n) is 13.7. The summed E-state index contributed by atoms with van der Waals surface area (Å²) in [6.07, 6.45) is 0. The number of nitrogens with two attached hydrogens (primary N) is 1. The molecule has 21 heavy (non-hydrogen) atoms. The van der Waals surface area contributed by atoms with Crippen LogP contribution in [0.3, 0.4) is 0 Å². The smallest absolute Gasteiger partial charge is 0.254 e. The fraction of sp³-hybridized carbons (Fsp3) is 0.562. The van der Waals surface area contributed by atoms with E-state index in [0.29, 0.717) is 25.4 Å². The van der Waals surface area contributed by atoms with Gasteiger partial charge in [-0.3, -0.25) is 4.79 Å². The van der Waals surface area contributed by atoms with Crippen LogP contribution >= 0.6 is 0 Å². The van der Waals surface area contributed by atoms with Gasteiger partial charge >= 0.3 is 0 Å². The summed E-state index contributed by atoms with van der Waals surface area (Å²) in [6.45, 7) is 13.0. The van der Waals surface area contributed by atoms with Crippen molar-refractivity contribution in [3.63, 3.8) is 0 Å². The number of anilines is 1. The van der Waals surface area contributed by atoms with Gasteiger partial charge in [-0.05, 0) is 35.8 Å². The molecule has 0 aromatic heterocycles. The Morgan fingerprint density at radius 1 is 1.33 bits per heavy atom. The molecule has 2 rings (SSSR count). The summed E-state index contributed by atoms with van der Waals surface area (Å²) in [4.78, 5) is 14.2. The number of benzene rings is 1. The molecule has 0 unspecified atom stereocenters. The van der Waals surface area contributed by atoms with Gasteiger partial charge in [-0.1, -0.05) is 26.8 Å². The minimum Gasteiger partial charge on any atom is -0.415 e. The summed E-state index contributed by atoms with van der Waals surface area (Å²) in [5, 5.41) is 0.194. The third kappa shape index (κ3) is 3.30. The van der Waals surface area contributed by atoms with Crippen molar-refractivity contribution in [1.82, 2.24) is 4.90 Å². The van der Waals surface area contributed by atoms with Crippen LogP contribution in [0.5, 0.6) is 0 Å². The molecule has 0 saturated heterocycles. The highest BCUT2D eigenvalue weighted by Crippen LogP contribution is 2.36. The molecule has 0 fully saturated rings. The first kappa shape index (κ1) is 16.0. The lowest BCUT2D eigenvalue weighted by atomic mass is 10.1. The van der Waals surface area contributed by atoms with Crippen LogP contribution in [0.25, 0.3) is 0 Å². The van der Waals surface area contributed by atoms with Crippen molar-refractivity contribution < 1.29 is 9.22 Å². The zero-order chi connectivity index (χ0) is 15.8. The van der Waals surface area contributed by atoms with Crippen LogP contribution in [0.1, 0.15) is 36.7 Å². The molecule has 0 bridgehead atoms. The van der Waals surface area contributed by atoms with Gasteiger partial charge < -0.3 is 15.1 Å². The van der Waals surface area contributed by atoms with Crippen LogP contribution in [0, 0.1) is 0 Å². The number of hydrogen-bond donors (Lipinski definition) is 1. The Balaban J connectivity index is 1.94. The maximum Gasteiger partial charge on any atom is 0.254 e. The highest BCUT2D eigenvalue weighted by molar-refractivity contribution is 6.74. The number of fused-ring (bicyclic) bond motifs is 1. The van der Waals surface area contributed by atoms with Crippen LogP contribution in [-0.2, 0) is 11.0 Å². The Bertz CT molecular complexity index is 550.